The summed E-state index contributed by atoms with van der Waals surface area (Å²) in [5.41, 5.74) is 1.03. The van der Waals surface area contributed by atoms with Gasteiger partial charge in [0.05, 0.1) is 10.0 Å². The molecule has 2 N–H and O–H groups in total. The van der Waals surface area contributed by atoms with Crippen LogP contribution in [0.2, 0.25) is 10.0 Å². The van der Waals surface area contributed by atoms with Gasteiger partial charge in [0, 0.05) is 19.0 Å². The number of carbonyl (C=O) groups is 1. The molecule has 0 bridgehead atoms. The number of carbonyl (C=O) groups excluding carboxylic acids is 1. The van der Waals surface area contributed by atoms with E-state index in [-0.39, 0.29) is 24.4 Å². The lowest BCUT2D eigenvalue weighted by Crippen LogP contribution is -2.45. The van der Waals surface area contributed by atoms with E-state index in [1.165, 1.54) is 0 Å². The minimum Gasteiger partial charge on any atom is -0.352 e. The molecule has 1 aliphatic heterocycles. The van der Waals surface area contributed by atoms with Crippen molar-refractivity contribution in [2.75, 3.05) is 13.1 Å². The van der Waals surface area contributed by atoms with Gasteiger partial charge in [-0.05, 0) is 43.5 Å². The van der Waals surface area contributed by atoms with E-state index in [4.69, 9.17) is 23.2 Å². The minimum absolute atomic E-state index is 0. The van der Waals surface area contributed by atoms with Gasteiger partial charge >= 0.3 is 0 Å². The van der Waals surface area contributed by atoms with Gasteiger partial charge in [0.15, 0.2) is 0 Å². The van der Waals surface area contributed by atoms with Crippen LogP contribution in [0.15, 0.2) is 18.2 Å². The Bertz CT molecular complexity index is 448. The maximum Gasteiger partial charge on any atom is 0.220 e. The standard InChI is InChI=1S/C14H18Cl2N2O.ClH/c15-12-5-3-10(8-13(12)16)4-6-14(19)18-11-2-1-7-17-9-11;/h3,5,8,11,17H,1-2,4,6-7,9H2,(H,18,19);1H/t11-;/m0./s1. The van der Waals surface area contributed by atoms with Crippen LogP contribution >= 0.6 is 35.6 Å². The molecule has 1 atom stereocenters. The number of amides is 1. The number of piperidine rings is 1. The predicted molar refractivity (Wildman–Crippen MR) is 86.1 cm³/mol. The van der Waals surface area contributed by atoms with Gasteiger partial charge in [-0.1, -0.05) is 29.3 Å². The van der Waals surface area contributed by atoms with Gasteiger partial charge < -0.3 is 10.6 Å². The Morgan fingerprint density at radius 3 is 2.80 bits per heavy atom. The average Bonchev–Trinajstić information content (AvgIpc) is 2.41. The first-order valence-electron chi connectivity index (χ1n) is 6.59. The summed E-state index contributed by atoms with van der Waals surface area (Å²) in [6.07, 6.45) is 3.35. The van der Waals surface area contributed by atoms with E-state index in [0.717, 1.165) is 31.5 Å². The quantitative estimate of drug-likeness (QED) is 0.886. The molecule has 112 valence electrons. The highest BCUT2D eigenvalue weighted by Gasteiger charge is 2.15. The highest BCUT2D eigenvalue weighted by molar-refractivity contribution is 6.42. The fourth-order valence-electron chi connectivity index (χ4n) is 2.23. The van der Waals surface area contributed by atoms with Gasteiger partial charge in [-0.25, -0.2) is 0 Å². The summed E-state index contributed by atoms with van der Waals surface area (Å²) in [6.45, 7) is 1.92. The van der Waals surface area contributed by atoms with Gasteiger partial charge in [-0.15, -0.1) is 12.4 Å². The van der Waals surface area contributed by atoms with Crippen molar-refractivity contribution in [3.05, 3.63) is 33.8 Å². The molecular weight excluding hydrogens is 319 g/mol. The highest BCUT2D eigenvalue weighted by Crippen LogP contribution is 2.23. The molecule has 20 heavy (non-hydrogen) atoms. The second kappa shape index (κ2) is 8.73. The molecule has 1 aromatic rings. The Labute approximate surface area is 135 Å². The number of benzene rings is 1. The van der Waals surface area contributed by atoms with Crippen LogP contribution in [0.25, 0.3) is 0 Å². The van der Waals surface area contributed by atoms with Crippen molar-refractivity contribution in [2.24, 2.45) is 0 Å². The second-order valence-electron chi connectivity index (χ2n) is 4.86. The topological polar surface area (TPSA) is 41.1 Å². The third kappa shape index (κ3) is 5.49. The van der Waals surface area contributed by atoms with Gasteiger partial charge in [-0.3, -0.25) is 4.79 Å². The molecule has 2 rings (SSSR count). The van der Waals surface area contributed by atoms with E-state index in [9.17, 15) is 4.79 Å². The largest absolute Gasteiger partial charge is 0.352 e. The fourth-order valence-corrected chi connectivity index (χ4v) is 2.55. The Balaban J connectivity index is 0.00000200. The minimum atomic E-state index is 0. The Morgan fingerprint density at radius 2 is 2.15 bits per heavy atom. The normalized spacial score (nSPS) is 18.2. The van der Waals surface area contributed by atoms with E-state index < -0.39 is 0 Å². The van der Waals surface area contributed by atoms with Crippen LogP contribution in [0.1, 0.15) is 24.8 Å². The van der Waals surface area contributed by atoms with Crippen LogP contribution in [0.4, 0.5) is 0 Å². The number of nitrogens with one attached hydrogen (secondary N) is 2. The molecule has 1 fully saturated rings. The van der Waals surface area contributed by atoms with Crippen LogP contribution in [0.5, 0.6) is 0 Å². The summed E-state index contributed by atoms with van der Waals surface area (Å²) in [5, 5.41) is 7.42. The van der Waals surface area contributed by atoms with E-state index in [1.54, 1.807) is 6.07 Å². The van der Waals surface area contributed by atoms with Crippen molar-refractivity contribution >= 4 is 41.5 Å². The van der Waals surface area contributed by atoms with Crippen LogP contribution < -0.4 is 10.6 Å². The van der Waals surface area contributed by atoms with Crippen molar-refractivity contribution < 1.29 is 4.79 Å². The Hall–Kier alpha value is -0.480. The summed E-state index contributed by atoms with van der Waals surface area (Å²) in [6, 6.07) is 5.76. The molecule has 1 heterocycles. The van der Waals surface area contributed by atoms with Crippen LogP contribution in [0, 0.1) is 0 Å². The molecule has 1 amide bonds. The average molecular weight is 338 g/mol. The van der Waals surface area contributed by atoms with Crippen molar-refractivity contribution in [1.82, 2.24) is 10.6 Å². The highest BCUT2D eigenvalue weighted by atomic mass is 35.5. The van der Waals surface area contributed by atoms with Gasteiger partial charge in [0.2, 0.25) is 5.91 Å². The molecule has 0 saturated carbocycles. The second-order valence-corrected chi connectivity index (χ2v) is 5.67. The lowest BCUT2D eigenvalue weighted by atomic mass is 10.1. The molecular formula is C14H19Cl3N2O. The van der Waals surface area contributed by atoms with Crippen molar-refractivity contribution in [1.29, 1.82) is 0 Å². The zero-order valence-electron chi connectivity index (χ0n) is 11.1. The number of hydrogen-bond acceptors (Lipinski definition) is 2. The predicted octanol–water partition coefficient (Wildman–Crippen LogP) is 3.22. The number of hydrogen-bond donors (Lipinski definition) is 2. The molecule has 1 aliphatic rings. The molecule has 1 aromatic carbocycles. The smallest absolute Gasteiger partial charge is 0.220 e. The molecule has 0 aliphatic carbocycles. The third-order valence-electron chi connectivity index (χ3n) is 3.29. The number of aryl methyl sites for hydroxylation is 1. The SMILES string of the molecule is Cl.O=C(CCc1ccc(Cl)c(Cl)c1)N[C@H]1CCCNC1. The van der Waals surface area contributed by atoms with Crippen LogP contribution in [0.3, 0.4) is 0 Å². The lowest BCUT2D eigenvalue weighted by Gasteiger charge is -2.23. The van der Waals surface area contributed by atoms with E-state index in [2.05, 4.69) is 10.6 Å². The van der Waals surface area contributed by atoms with E-state index in [1.807, 2.05) is 12.1 Å². The molecule has 1 saturated heterocycles. The van der Waals surface area contributed by atoms with E-state index >= 15 is 0 Å². The first-order chi connectivity index (χ1) is 9.15. The molecule has 3 nitrogen and oxygen atoms in total. The summed E-state index contributed by atoms with van der Waals surface area (Å²) in [5.74, 6) is 0.0970. The summed E-state index contributed by atoms with van der Waals surface area (Å²) in [7, 11) is 0. The fraction of sp³-hybridized carbons (Fsp3) is 0.500. The maximum absolute atomic E-state index is 11.8. The molecule has 6 heteroatoms. The zero-order valence-corrected chi connectivity index (χ0v) is 13.5. The Kier molecular flexibility index (Phi) is 7.67. The van der Waals surface area contributed by atoms with E-state index in [0.29, 0.717) is 22.9 Å². The zero-order chi connectivity index (χ0) is 13.7. The summed E-state index contributed by atoms with van der Waals surface area (Å²) in [4.78, 5) is 11.8. The van der Waals surface area contributed by atoms with Crippen LogP contribution in [-0.4, -0.2) is 25.0 Å². The number of rotatable bonds is 4. The molecule has 0 spiro atoms. The van der Waals surface area contributed by atoms with Crippen molar-refractivity contribution in [2.45, 2.75) is 31.7 Å². The first-order valence-corrected chi connectivity index (χ1v) is 7.35. The monoisotopic (exact) mass is 336 g/mol. The van der Waals surface area contributed by atoms with Crippen molar-refractivity contribution in [3.8, 4) is 0 Å². The molecule has 0 radical (unpaired) electrons. The summed E-state index contributed by atoms with van der Waals surface area (Å²) >= 11 is 11.8. The lowest BCUT2D eigenvalue weighted by molar-refractivity contribution is -0.121. The van der Waals surface area contributed by atoms with Crippen molar-refractivity contribution in [3.63, 3.8) is 0 Å². The van der Waals surface area contributed by atoms with Gasteiger partial charge in [0.25, 0.3) is 0 Å². The number of halogens is 3. The Morgan fingerprint density at radius 1 is 1.35 bits per heavy atom. The molecule has 0 aromatic heterocycles. The maximum atomic E-state index is 11.8. The summed E-state index contributed by atoms with van der Waals surface area (Å²) < 4.78 is 0. The molecule has 0 unspecified atom stereocenters. The van der Waals surface area contributed by atoms with Gasteiger partial charge in [0.1, 0.15) is 0 Å². The first kappa shape index (κ1) is 17.6. The van der Waals surface area contributed by atoms with Gasteiger partial charge in [-0.2, -0.15) is 0 Å². The third-order valence-corrected chi connectivity index (χ3v) is 4.03. The van der Waals surface area contributed by atoms with Crippen LogP contribution in [-0.2, 0) is 11.2 Å².